The Morgan fingerprint density at radius 3 is 2.62 bits per heavy atom. The summed E-state index contributed by atoms with van der Waals surface area (Å²) in [5.41, 5.74) is 1.52. The summed E-state index contributed by atoms with van der Waals surface area (Å²) >= 11 is 1.39. The molecule has 6 nitrogen and oxygen atoms in total. The maximum atomic E-state index is 12.0. The van der Waals surface area contributed by atoms with Gasteiger partial charge in [-0.3, -0.25) is 9.59 Å². The van der Waals surface area contributed by atoms with E-state index in [1.165, 1.54) is 11.8 Å². The van der Waals surface area contributed by atoms with Crippen LogP contribution < -0.4 is 10.2 Å². The minimum absolute atomic E-state index is 0.0179. The number of hydrogen-bond acceptors (Lipinski definition) is 5. The van der Waals surface area contributed by atoms with Crippen LogP contribution in [0.2, 0.25) is 0 Å². The molecule has 0 aliphatic carbocycles. The molecule has 2 amide bonds. The second-order valence-electron chi connectivity index (χ2n) is 6.08. The van der Waals surface area contributed by atoms with Crippen LogP contribution in [-0.4, -0.2) is 49.3 Å². The normalized spacial score (nSPS) is 22.8. The Balaban J connectivity index is 1.49. The van der Waals surface area contributed by atoms with E-state index in [1.807, 2.05) is 12.1 Å². The van der Waals surface area contributed by atoms with Gasteiger partial charge in [0, 0.05) is 29.6 Å². The minimum atomic E-state index is -2.90. The van der Waals surface area contributed by atoms with Crippen LogP contribution in [0, 0.1) is 0 Å². The summed E-state index contributed by atoms with van der Waals surface area (Å²) in [4.78, 5) is 25.4. The highest BCUT2D eigenvalue weighted by Crippen LogP contribution is 2.25. The first-order valence-electron chi connectivity index (χ1n) is 7.95. The Morgan fingerprint density at radius 1 is 1.29 bits per heavy atom. The third kappa shape index (κ3) is 4.30. The van der Waals surface area contributed by atoms with Gasteiger partial charge in [0.15, 0.2) is 9.84 Å². The van der Waals surface area contributed by atoms with Crippen LogP contribution in [-0.2, 0) is 19.4 Å². The number of carbonyl (C=O) groups excluding carboxylic acids is 2. The highest BCUT2D eigenvalue weighted by Gasteiger charge is 2.28. The molecule has 0 spiro atoms. The predicted octanol–water partition coefficient (Wildman–Crippen LogP) is 1.67. The molecule has 2 fully saturated rings. The van der Waals surface area contributed by atoms with E-state index in [0.29, 0.717) is 18.5 Å². The minimum Gasteiger partial charge on any atom is -0.325 e. The van der Waals surface area contributed by atoms with Crippen LogP contribution in [0.4, 0.5) is 11.4 Å². The van der Waals surface area contributed by atoms with Gasteiger partial charge in [-0.05, 0) is 37.1 Å². The van der Waals surface area contributed by atoms with Crippen molar-refractivity contribution in [2.75, 3.05) is 34.0 Å². The maximum absolute atomic E-state index is 12.0. The first-order valence-corrected chi connectivity index (χ1v) is 10.8. The van der Waals surface area contributed by atoms with Crippen molar-refractivity contribution in [2.45, 2.75) is 24.5 Å². The zero-order valence-electron chi connectivity index (χ0n) is 13.2. The summed E-state index contributed by atoms with van der Waals surface area (Å²) in [5.74, 6) is 0.628. The fourth-order valence-electron chi connectivity index (χ4n) is 2.93. The molecule has 2 heterocycles. The van der Waals surface area contributed by atoms with Crippen LogP contribution in [0.15, 0.2) is 24.3 Å². The Morgan fingerprint density at radius 2 is 2.04 bits per heavy atom. The number of nitrogens with one attached hydrogen (secondary N) is 1. The Hall–Kier alpha value is -1.54. The van der Waals surface area contributed by atoms with Gasteiger partial charge in [0.05, 0.1) is 17.3 Å². The molecule has 1 N–H and O–H groups in total. The monoisotopic (exact) mass is 368 g/mol. The maximum Gasteiger partial charge on any atom is 0.234 e. The van der Waals surface area contributed by atoms with E-state index in [-0.39, 0.29) is 34.3 Å². The summed E-state index contributed by atoms with van der Waals surface area (Å²) in [6.45, 7) is 0.742. The summed E-state index contributed by atoms with van der Waals surface area (Å²) in [5, 5.41) is 2.82. The van der Waals surface area contributed by atoms with Gasteiger partial charge in [-0.1, -0.05) is 0 Å². The van der Waals surface area contributed by atoms with Gasteiger partial charge in [-0.2, -0.15) is 0 Å². The molecule has 2 aliphatic rings. The molecule has 2 aliphatic heterocycles. The van der Waals surface area contributed by atoms with Crippen LogP contribution in [0.1, 0.15) is 19.3 Å². The molecule has 3 rings (SSSR count). The third-order valence-electron chi connectivity index (χ3n) is 4.18. The molecule has 0 bridgehead atoms. The fourth-order valence-corrected chi connectivity index (χ4v) is 6.37. The van der Waals surface area contributed by atoms with E-state index < -0.39 is 9.84 Å². The second kappa shape index (κ2) is 7.14. The molecule has 0 saturated carbocycles. The van der Waals surface area contributed by atoms with Crippen molar-refractivity contribution in [3.05, 3.63) is 24.3 Å². The standard InChI is InChI=1S/C16H20N2O4S2/c19-15(10-23-14-7-9-24(21,22)11-14)17-12-3-5-13(6-4-12)18-8-1-2-16(18)20/h3-6,14H,1-2,7-11H2,(H,17,19)/t14-/m1/s1. The zero-order valence-corrected chi connectivity index (χ0v) is 14.9. The molecule has 0 radical (unpaired) electrons. The molecule has 0 aromatic heterocycles. The van der Waals surface area contributed by atoms with Gasteiger partial charge in [-0.25, -0.2) is 8.42 Å². The average molecular weight is 368 g/mol. The zero-order chi connectivity index (χ0) is 17.2. The summed E-state index contributed by atoms with van der Waals surface area (Å²) in [7, 11) is -2.90. The van der Waals surface area contributed by atoms with E-state index in [4.69, 9.17) is 0 Å². The first-order chi connectivity index (χ1) is 11.4. The molecule has 24 heavy (non-hydrogen) atoms. The Kier molecular flexibility index (Phi) is 5.15. The quantitative estimate of drug-likeness (QED) is 0.855. The number of thioether (sulfide) groups is 1. The lowest BCUT2D eigenvalue weighted by molar-refractivity contribution is -0.117. The lowest BCUT2D eigenvalue weighted by Gasteiger charge is -2.16. The molecule has 1 aromatic carbocycles. The van der Waals surface area contributed by atoms with Gasteiger partial charge in [0.25, 0.3) is 0 Å². The van der Waals surface area contributed by atoms with Crippen LogP contribution in [0.25, 0.3) is 0 Å². The number of hydrogen-bond donors (Lipinski definition) is 1. The van der Waals surface area contributed by atoms with Crippen molar-refractivity contribution in [2.24, 2.45) is 0 Å². The van der Waals surface area contributed by atoms with Crippen molar-refractivity contribution in [3.8, 4) is 0 Å². The first kappa shape index (κ1) is 17.3. The average Bonchev–Trinajstić information content (AvgIpc) is 3.11. The molecular formula is C16H20N2O4S2. The topological polar surface area (TPSA) is 83.6 Å². The number of amides is 2. The number of rotatable bonds is 5. The molecule has 2 saturated heterocycles. The molecular weight excluding hydrogens is 348 g/mol. The Bertz CT molecular complexity index is 731. The highest BCUT2D eigenvalue weighted by atomic mass is 32.2. The van der Waals surface area contributed by atoms with E-state index in [2.05, 4.69) is 5.32 Å². The fraction of sp³-hybridized carbons (Fsp3) is 0.500. The lowest BCUT2D eigenvalue weighted by atomic mass is 10.2. The number of carbonyl (C=O) groups is 2. The molecule has 130 valence electrons. The number of sulfone groups is 1. The molecule has 8 heteroatoms. The summed E-state index contributed by atoms with van der Waals surface area (Å²) < 4.78 is 22.8. The second-order valence-corrected chi connectivity index (χ2v) is 9.60. The number of nitrogens with zero attached hydrogens (tertiary/aromatic N) is 1. The van der Waals surface area contributed by atoms with Gasteiger partial charge in [0.1, 0.15) is 0 Å². The smallest absolute Gasteiger partial charge is 0.234 e. The highest BCUT2D eigenvalue weighted by molar-refractivity contribution is 8.02. The van der Waals surface area contributed by atoms with Gasteiger partial charge in [0.2, 0.25) is 11.8 Å². The predicted molar refractivity (Wildman–Crippen MR) is 96.2 cm³/mol. The van der Waals surface area contributed by atoms with Crippen LogP contribution >= 0.6 is 11.8 Å². The van der Waals surface area contributed by atoms with Crippen molar-refractivity contribution in [3.63, 3.8) is 0 Å². The van der Waals surface area contributed by atoms with Crippen LogP contribution in [0.3, 0.4) is 0 Å². The van der Waals surface area contributed by atoms with E-state index in [0.717, 1.165) is 18.7 Å². The summed E-state index contributed by atoms with van der Waals surface area (Å²) in [6.07, 6.45) is 2.09. The van der Waals surface area contributed by atoms with Gasteiger partial charge in [-0.15, -0.1) is 11.8 Å². The van der Waals surface area contributed by atoms with E-state index in [1.54, 1.807) is 17.0 Å². The SMILES string of the molecule is O=C(CS[C@@H]1CCS(=O)(=O)C1)Nc1ccc(N2CCCC2=O)cc1. The van der Waals surface area contributed by atoms with Crippen molar-refractivity contribution >= 4 is 44.8 Å². The van der Waals surface area contributed by atoms with E-state index in [9.17, 15) is 18.0 Å². The number of anilines is 2. The number of benzene rings is 1. The largest absolute Gasteiger partial charge is 0.325 e. The van der Waals surface area contributed by atoms with Crippen molar-refractivity contribution in [1.82, 2.24) is 0 Å². The van der Waals surface area contributed by atoms with Gasteiger partial charge < -0.3 is 10.2 Å². The molecule has 0 unspecified atom stereocenters. The van der Waals surface area contributed by atoms with Crippen LogP contribution in [0.5, 0.6) is 0 Å². The lowest BCUT2D eigenvalue weighted by Crippen LogP contribution is -2.23. The van der Waals surface area contributed by atoms with Gasteiger partial charge >= 0.3 is 0 Å². The third-order valence-corrected chi connectivity index (χ3v) is 7.46. The van der Waals surface area contributed by atoms with Crippen molar-refractivity contribution < 1.29 is 18.0 Å². The Labute approximate surface area is 145 Å². The van der Waals surface area contributed by atoms with Crippen molar-refractivity contribution in [1.29, 1.82) is 0 Å². The summed E-state index contributed by atoms with van der Waals surface area (Å²) in [6, 6.07) is 7.22. The molecule has 1 atom stereocenters. The molecule has 1 aromatic rings. The van der Waals surface area contributed by atoms with E-state index >= 15 is 0 Å².